The largest absolute Gasteiger partial charge is 0.299 e. The lowest BCUT2D eigenvalue weighted by molar-refractivity contribution is -0.127. The van der Waals surface area contributed by atoms with E-state index in [0.29, 0.717) is 11.7 Å². The fraction of sp³-hybridized carbons (Fsp3) is 0.909. The van der Waals surface area contributed by atoms with Crippen molar-refractivity contribution in [1.29, 1.82) is 0 Å². The molecule has 0 saturated heterocycles. The summed E-state index contributed by atoms with van der Waals surface area (Å²) in [6, 6.07) is 0. The molecule has 0 aromatic heterocycles. The summed E-state index contributed by atoms with van der Waals surface area (Å²) in [6.45, 7) is 2.00. The Morgan fingerprint density at radius 2 is 1.92 bits per heavy atom. The minimum Gasteiger partial charge on any atom is -0.299 e. The summed E-state index contributed by atoms with van der Waals surface area (Å²) in [5, 5.41) is 0. The minimum absolute atomic E-state index is 0.461. The van der Waals surface area contributed by atoms with E-state index >= 15 is 0 Å². The molecule has 68 valence electrons. The minimum atomic E-state index is 0.461. The molecule has 0 heterocycles. The van der Waals surface area contributed by atoms with E-state index in [0.717, 1.165) is 18.3 Å². The van der Waals surface area contributed by atoms with Gasteiger partial charge in [-0.3, -0.25) is 4.79 Å². The molecule has 0 aromatic rings. The maximum atomic E-state index is 11.6. The van der Waals surface area contributed by atoms with Crippen molar-refractivity contribution in [3.8, 4) is 0 Å². The molecule has 0 spiro atoms. The van der Waals surface area contributed by atoms with Crippen molar-refractivity contribution >= 4 is 5.78 Å². The highest BCUT2D eigenvalue weighted by Crippen LogP contribution is 2.45. The van der Waals surface area contributed by atoms with E-state index in [-0.39, 0.29) is 0 Å². The first kappa shape index (κ1) is 8.28. The Kier molecular flexibility index (Phi) is 2.20. The number of fused-ring (bicyclic) bond motifs is 3. The SMILES string of the molecule is CCC(=O)[C@H]1CC2CCC1CC2. The Balaban J connectivity index is 2.03. The average Bonchev–Trinajstić information content (AvgIpc) is 2.18. The van der Waals surface area contributed by atoms with Gasteiger partial charge in [-0.15, -0.1) is 0 Å². The van der Waals surface area contributed by atoms with Crippen LogP contribution in [0.4, 0.5) is 0 Å². The number of hydrogen-bond acceptors (Lipinski definition) is 1. The van der Waals surface area contributed by atoms with Gasteiger partial charge in [-0.05, 0) is 31.1 Å². The molecule has 0 amide bonds. The molecule has 3 saturated carbocycles. The summed E-state index contributed by atoms with van der Waals surface area (Å²) in [4.78, 5) is 11.6. The Morgan fingerprint density at radius 3 is 2.33 bits per heavy atom. The van der Waals surface area contributed by atoms with Crippen molar-refractivity contribution in [3.05, 3.63) is 0 Å². The highest BCUT2D eigenvalue weighted by atomic mass is 16.1. The zero-order valence-electron chi connectivity index (χ0n) is 7.88. The molecule has 0 aliphatic heterocycles. The van der Waals surface area contributed by atoms with Gasteiger partial charge < -0.3 is 0 Å². The Bertz CT molecular complexity index is 177. The van der Waals surface area contributed by atoms with Crippen molar-refractivity contribution in [2.45, 2.75) is 45.4 Å². The average molecular weight is 166 g/mol. The van der Waals surface area contributed by atoms with E-state index < -0.39 is 0 Å². The first-order chi connectivity index (χ1) is 5.81. The Labute approximate surface area is 74.5 Å². The third-order valence-corrected chi connectivity index (χ3v) is 3.81. The highest BCUT2D eigenvalue weighted by molar-refractivity contribution is 5.81. The van der Waals surface area contributed by atoms with Crippen LogP contribution in [0.5, 0.6) is 0 Å². The van der Waals surface area contributed by atoms with E-state index in [9.17, 15) is 4.79 Å². The Hall–Kier alpha value is -0.330. The lowest BCUT2D eigenvalue weighted by atomic mass is 9.63. The molecule has 0 radical (unpaired) electrons. The second-order valence-electron chi connectivity index (χ2n) is 4.44. The van der Waals surface area contributed by atoms with Crippen molar-refractivity contribution in [3.63, 3.8) is 0 Å². The summed E-state index contributed by atoms with van der Waals surface area (Å²) in [5.41, 5.74) is 0. The van der Waals surface area contributed by atoms with Crippen molar-refractivity contribution in [2.75, 3.05) is 0 Å². The summed E-state index contributed by atoms with van der Waals surface area (Å²) >= 11 is 0. The molecular weight excluding hydrogens is 148 g/mol. The summed E-state index contributed by atoms with van der Waals surface area (Å²) in [6.07, 6.45) is 7.45. The normalized spacial score (nSPS) is 39.9. The first-order valence-electron chi connectivity index (χ1n) is 5.34. The summed E-state index contributed by atoms with van der Waals surface area (Å²) < 4.78 is 0. The number of carbonyl (C=O) groups excluding carboxylic acids is 1. The number of carbonyl (C=O) groups is 1. The smallest absolute Gasteiger partial charge is 0.135 e. The molecule has 3 aliphatic carbocycles. The van der Waals surface area contributed by atoms with Crippen LogP contribution in [0.15, 0.2) is 0 Å². The van der Waals surface area contributed by atoms with Gasteiger partial charge in [0.25, 0.3) is 0 Å². The van der Waals surface area contributed by atoms with Gasteiger partial charge in [-0.2, -0.15) is 0 Å². The number of rotatable bonds is 2. The number of hydrogen-bond donors (Lipinski definition) is 0. The van der Waals surface area contributed by atoms with Crippen LogP contribution in [-0.4, -0.2) is 5.78 Å². The highest BCUT2D eigenvalue weighted by Gasteiger charge is 2.38. The predicted octanol–water partition coefficient (Wildman–Crippen LogP) is 2.79. The predicted molar refractivity (Wildman–Crippen MR) is 48.9 cm³/mol. The molecule has 1 heteroatoms. The van der Waals surface area contributed by atoms with Crippen molar-refractivity contribution in [1.82, 2.24) is 0 Å². The second-order valence-corrected chi connectivity index (χ2v) is 4.44. The van der Waals surface area contributed by atoms with Gasteiger partial charge in [0.05, 0.1) is 0 Å². The summed E-state index contributed by atoms with van der Waals surface area (Å²) in [5.74, 6) is 2.66. The molecule has 3 fully saturated rings. The molecule has 0 N–H and O–H groups in total. The van der Waals surface area contributed by atoms with Gasteiger partial charge in [0.15, 0.2) is 0 Å². The van der Waals surface area contributed by atoms with Gasteiger partial charge in [0, 0.05) is 12.3 Å². The quantitative estimate of drug-likeness (QED) is 0.616. The lowest BCUT2D eigenvalue weighted by Gasteiger charge is -2.41. The third-order valence-electron chi connectivity index (χ3n) is 3.81. The molecule has 3 aliphatic rings. The van der Waals surface area contributed by atoms with Crippen LogP contribution in [0.2, 0.25) is 0 Å². The molecule has 0 unspecified atom stereocenters. The molecule has 1 nitrogen and oxygen atoms in total. The third kappa shape index (κ3) is 1.30. The zero-order valence-corrected chi connectivity index (χ0v) is 7.88. The van der Waals surface area contributed by atoms with Crippen LogP contribution in [-0.2, 0) is 4.79 Å². The van der Waals surface area contributed by atoms with Crippen LogP contribution < -0.4 is 0 Å². The molecular formula is C11H18O. The van der Waals surface area contributed by atoms with Crippen LogP contribution in [0, 0.1) is 17.8 Å². The first-order valence-corrected chi connectivity index (χ1v) is 5.34. The molecule has 12 heavy (non-hydrogen) atoms. The van der Waals surface area contributed by atoms with Crippen LogP contribution in [0.1, 0.15) is 45.4 Å². The monoisotopic (exact) mass is 166 g/mol. The standard InChI is InChI=1S/C11H18O/c1-2-11(12)10-7-8-3-5-9(10)6-4-8/h8-10H,2-7H2,1H3/t8?,9?,10-/m0/s1. The van der Waals surface area contributed by atoms with Crippen molar-refractivity contribution in [2.24, 2.45) is 17.8 Å². The molecule has 1 atom stereocenters. The van der Waals surface area contributed by atoms with Crippen LogP contribution >= 0.6 is 0 Å². The fourth-order valence-electron chi connectivity index (χ4n) is 3.03. The number of Topliss-reactive ketones (excluding diaryl/α,β-unsaturated/α-hetero) is 1. The van der Waals surface area contributed by atoms with Gasteiger partial charge in [-0.25, -0.2) is 0 Å². The van der Waals surface area contributed by atoms with E-state index in [4.69, 9.17) is 0 Å². The zero-order chi connectivity index (χ0) is 8.55. The maximum absolute atomic E-state index is 11.6. The van der Waals surface area contributed by atoms with Gasteiger partial charge >= 0.3 is 0 Å². The van der Waals surface area contributed by atoms with Gasteiger partial charge in [0.2, 0.25) is 0 Å². The van der Waals surface area contributed by atoms with E-state index in [1.54, 1.807) is 0 Å². The van der Waals surface area contributed by atoms with E-state index in [1.165, 1.54) is 32.1 Å². The molecule has 2 bridgehead atoms. The van der Waals surface area contributed by atoms with Crippen LogP contribution in [0.3, 0.4) is 0 Å². The van der Waals surface area contributed by atoms with Crippen LogP contribution in [0.25, 0.3) is 0 Å². The maximum Gasteiger partial charge on any atom is 0.135 e. The lowest BCUT2D eigenvalue weighted by Crippen LogP contribution is -2.35. The van der Waals surface area contributed by atoms with Crippen molar-refractivity contribution < 1.29 is 4.79 Å². The summed E-state index contributed by atoms with van der Waals surface area (Å²) in [7, 11) is 0. The Morgan fingerprint density at radius 1 is 1.25 bits per heavy atom. The van der Waals surface area contributed by atoms with E-state index in [1.807, 2.05) is 6.92 Å². The van der Waals surface area contributed by atoms with Gasteiger partial charge in [-0.1, -0.05) is 19.8 Å². The topological polar surface area (TPSA) is 17.1 Å². The molecule has 0 aromatic carbocycles. The van der Waals surface area contributed by atoms with Gasteiger partial charge in [0.1, 0.15) is 5.78 Å². The fourth-order valence-corrected chi connectivity index (χ4v) is 3.03. The number of ketones is 1. The second kappa shape index (κ2) is 3.20. The van der Waals surface area contributed by atoms with E-state index in [2.05, 4.69) is 0 Å². The molecule has 3 rings (SSSR count).